The first-order valence-corrected chi connectivity index (χ1v) is 10.0. The first-order valence-electron chi connectivity index (χ1n) is 9.10. The van der Waals surface area contributed by atoms with E-state index < -0.39 is 0 Å². The van der Waals surface area contributed by atoms with Crippen LogP contribution in [-0.4, -0.2) is 53.3 Å². The minimum atomic E-state index is 0.295. The predicted octanol–water partition coefficient (Wildman–Crippen LogP) is 3.88. The number of ether oxygens (including phenoxy) is 1. The van der Waals surface area contributed by atoms with Crippen LogP contribution < -0.4 is 5.32 Å². The van der Waals surface area contributed by atoms with Gasteiger partial charge in [-0.3, -0.25) is 4.90 Å². The van der Waals surface area contributed by atoms with Crippen LogP contribution >= 0.6 is 11.3 Å². The Morgan fingerprint density at radius 3 is 2.73 bits per heavy atom. The van der Waals surface area contributed by atoms with Gasteiger partial charge >= 0.3 is 0 Å². The third kappa shape index (κ3) is 3.87. The summed E-state index contributed by atoms with van der Waals surface area (Å²) in [5.41, 5.74) is 2.04. The highest BCUT2D eigenvalue weighted by Gasteiger charge is 2.21. The summed E-state index contributed by atoms with van der Waals surface area (Å²) in [5.74, 6) is 1.69. The number of nitrogens with one attached hydrogen (secondary N) is 1. The van der Waals surface area contributed by atoms with Crippen molar-refractivity contribution in [3.8, 4) is 11.4 Å². The molecule has 136 valence electrons. The number of hydrogen-bond donors (Lipinski definition) is 1. The van der Waals surface area contributed by atoms with E-state index in [1.54, 1.807) is 11.3 Å². The van der Waals surface area contributed by atoms with Crippen molar-refractivity contribution in [2.75, 3.05) is 31.5 Å². The summed E-state index contributed by atoms with van der Waals surface area (Å²) in [6.07, 6.45) is 0.590. The second-order valence-electron chi connectivity index (χ2n) is 6.87. The molecule has 0 saturated carbocycles. The Kier molecular flexibility index (Phi) is 5.15. The fourth-order valence-corrected chi connectivity index (χ4v) is 4.17. The van der Waals surface area contributed by atoms with Crippen LogP contribution in [0.25, 0.3) is 22.3 Å². The smallest absolute Gasteiger partial charge is 0.162 e. The highest BCUT2D eigenvalue weighted by molar-refractivity contribution is 7.08. The lowest BCUT2D eigenvalue weighted by Crippen LogP contribution is -2.46. The number of hydrogen-bond acceptors (Lipinski definition) is 6. The molecule has 4 rings (SSSR count). The first-order chi connectivity index (χ1) is 12.7. The topological polar surface area (TPSA) is 50.3 Å². The van der Waals surface area contributed by atoms with Gasteiger partial charge in [0.25, 0.3) is 0 Å². The summed E-state index contributed by atoms with van der Waals surface area (Å²) in [7, 11) is 0. The molecule has 1 fully saturated rings. The second kappa shape index (κ2) is 7.70. The van der Waals surface area contributed by atoms with Crippen LogP contribution in [0.5, 0.6) is 0 Å². The maximum Gasteiger partial charge on any atom is 0.162 e. The third-order valence-corrected chi connectivity index (χ3v) is 5.28. The SMILES string of the molecule is CC1CN(CCNc2nc(-c3ccsc3)nc3ccccc23)CC(C)O1. The summed E-state index contributed by atoms with van der Waals surface area (Å²) in [4.78, 5) is 12.0. The number of thiophene rings is 1. The number of nitrogens with zero attached hydrogens (tertiary/aromatic N) is 3. The molecule has 2 unspecified atom stereocenters. The molecule has 0 radical (unpaired) electrons. The van der Waals surface area contributed by atoms with Crippen LogP contribution in [0.3, 0.4) is 0 Å². The zero-order chi connectivity index (χ0) is 17.9. The monoisotopic (exact) mass is 368 g/mol. The molecule has 0 aliphatic carbocycles. The van der Waals surface area contributed by atoms with Crippen molar-refractivity contribution >= 4 is 28.1 Å². The summed E-state index contributed by atoms with van der Waals surface area (Å²) in [6, 6.07) is 10.2. The van der Waals surface area contributed by atoms with Crippen LogP contribution in [0, 0.1) is 0 Å². The molecule has 1 aliphatic heterocycles. The fourth-order valence-electron chi connectivity index (χ4n) is 3.53. The molecule has 1 aliphatic rings. The van der Waals surface area contributed by atoms with E-state index in [0.29, 0.717) is 12.2 Å². The summed E-state index contributed by atoms with van der Waals surface area (Å²) < 4.78 is 5.81. The lowest BCUT2D eigenvalue weighted by Gasteiger charge is -2.35. The minimum absolute atomic E-state index is 0.295. The number of morpholine rings is 1. The Morgan fingerprint density at radius 2 is 1.96 bits per heavy atom. The zero-order valence-electron chi connectivity index (χ0n) is 15.2. The molecule has 1 aromatic carbocycles. The average molecular weight is 369 g/mol. The van der Waals surface area contributed by atoms with Crippen LogP contribution in [0.1, 0.15) is 13.8 Å². The molecule has 3 heterocycles. The lowest BCUT2D eigenvalue weighted by molar-refractivity contribution is -0.0667. The van der Waals surface area contributed by atoms with Gasteiger partial charge in [0.15, 0.2) is 5.82 Å². The van der Waals surface area contributed by atoms with Crippen molar-refractivity contribution in [1.29, 1.82) is 0 Å². The lowest BCUT2D eigenvalue weighted by atomic mass is 10.2. The molecule has 6 heteroatoms. The molecule has 5 nitrogen and oxygen atoms in total. The van der Waals surface area contributed by atoms with Gasteiger partial charge in [0.1, 0.15) is 5.82 Å². The van der Waals surface area contributed by atoms with Gasteiger partial charge in [0, 0.05) is 42.5 Å². The average Bonchev–Trinajstić information content (AvgIpc) is 3.15. The minimum Gasteiger partial charge on any atom is -0.373 e. The van der Waals surface area contributed by atoms with Gasteiger partial charge in [-0.25, -0.2) is 9.97 Å². The van der Waals surface area contributed by atoms with E-state index >= 15 is 0 Å². The number of rotatable bonds is 5. The highest BCUT2D eigenvalue weighted by atomic mass is 32.1. The molecular weight excluding hydrogens is 344 g/mol. The number of aromatic nitrogens is 2. The Bertz CT molecular complexity index is 857. The van der Waals surface area contributed by atoms with Crippen molar-refractivity contribution in [2.45, 2.75) is 26.1 Å². The molecule has 1 N–H and O–H groups in total. The first kappa shape index (κ1) is 17.4. The van der Waals surface area contributed by atoms with Crippen molar-refractivity contribution in [2.24, 2.45) is 0 Å². The van der Waals surface area contributed by atoms with E-state index in [-0.39, 0.29) is 0 Å². The van der Waals surface area contributed by atoms with Crippen LogP contribution in [-0.2, 0) is 4.74 Å². The third-order valence-electron chi connectivity index (χ3n) is 4.60. The van der Waals surface area contributed by atoms with Crippen molar-refractivity contribution in [3.63, 3.8) is 0 Å². The van der Waals surface area contributed by atoms with E-state index in [1.807, 2.05) is 18.2 Å². The molecular formula is C20H24N4OS. The van der Waals surface area contributed by atoms with Gasteiger partial charge in [-0.05, 0) is 37.4 Å². The Balaban J connectivity index is 1.52. The summed E-state index contributed by atoms with van der Waals surface area (Å²) >= 11 is 1.66. The molecule has 26 heavy (non-hydrogen) atoms. The van der Waals surface area contributed by atoms with Gasteiger partial charge in [-0.1, -0.05) is 12.1 Å². The van der Waals surface area contributed by atoms with Crippen LogP contribution in [0.2, 0.25) is 0 Å². The number of anilines is 1. The molecule has 2 atom stereocenters. The second-order valence-corrected chi connectivity index (χ2v) is 7.65. The molecule has 3 aromatic rings. The van der Waals surface area contributed by atoms with E-state index in [1.165, 1.54) is 0 Å². The van der Waals surface area contributed by atoms with Crippen LogP contribution in [0.4, 0.5) is 5.82 Å². The zero-order valence-corrected chi connectivity index (χ0v) is 16.0. The highest BCUT2D eigenvalue weighted by Crippen LogP contribution is 2.26. The maximum atomic E-state index is 5.81. The summed E-state index contributed by atoms with van der Waals surface area (Å²) in [6.45, 7) is 8.07. The molecule has 1 saturated heterocycles. The van der Waals surface area contributed by atoms with Gasteiger partial charge < -0.3 is 10.1 Å². The van der Waals surface area contributed by atoms with Gasteiger partial charge in [-0.15, -0.1) is 0 Å². The molecule has 0 spiro atoms. The Labute approximate surface area is 158 Å². The Morgan fingerprint density at radius 1 is 1.15 bits per heavy atom. The number of benzene rings is 1. The van der Waals surface area contributed by atoms with E-state index in [9.17, 15) is 0 Å². The van der Waals surface area contributed by atoms with E-state index in [2.05, 4.69) is 47.0 Å². The molecule has 2 aromatic heterocycles. The molecule has 0 amide bonds. The van der Waals surface area contributed by atoms with Gasteiger partial charge in [0.05, 0.1) is 17.7 Å². The summed E-state index contributed by atoms with van der Waals surface area (Å²) in [5, 5.41) is 8.75. The maximum absolute atomic E-state index is 5.81. The van der Waals surface area contributed by atoms with Gasteiger partial charge in [0.2, 0.25) is 0 Å². The largest absolute Gasteiger partial charge is 0.373 e. The van der Waals surface area contributed by atoms with Crippen molar-refractivity contribution in [1.82, 2.24) is 14.9 Å². The van der Waals surface area contributed by atoms with Crippen molar-refractivity contribution in [3.05, 3.63) is 41.1 Å². The standard InChI is InChI=1S/C20H24N4OS/c1-14-11-24(12-15(2)25-14)9-8-21-20-17-5-3-4-6-18(17)22-19(23-20)16-7-10-26-13-16/h3-7,10,13-15H,8-9,11-12H2,1-2H3,(H,21,22,23). The predicted molar refractivity (Wildman–Crippen MR) is 108 cm³/mol. The number of para-hydroxylation sites is 1. The van der Waals surface area contributed by atoms with Crippen LogP contribution in [0.15, 0.2) is 41.1 Å². The quantitative estimate of drug-likeness (QED) is 0.741. The fraction of sp³-hybridized carbons (Fsp3) is 0.400. The van der Waals surface area contributed by atoms with E-state index in [0.717, 1.165) is 54.3 Å². The van der Waals surface area contributed by atoms with Crippen molar-refractivity contribution < 1.29 is 4.74 Å². The number of fused-ring (bicyclic) bond motifs is 1. The molecule has 0 bridgehead atoms. The normalized spacial score (nSPS) is 21.2. The Hall–Kier alpha value is -2.02. The van der Waals surface area contributed by atoms with E-state index in [4.69, 9.17) is 14.7 Å². The van der Waals surface area contributed by atoms with Gasteiger partial charge in [-0.2, -0.15) is 11.3 Å².